The van der Waals surface area contributed by atoms with Crippen molar-refractivity contribution in [3.8, 4) is 0 Å². The summed E-state index contributed by atoms with van der Waals surface area (Å²) in [6.45, 7) is 7.42. The largest absolute Gasteiger partial charge is 0.444 e. The maximum atomic E-state index is 12.4. The summed E-state index contributed by atoms with van der Waals surface area (Å²) in [5.41, 5.74) is 11.1. The Kier molecular flexibility index (Phi) is 7.73. The van der Waals surface area contributed by atoms with Crippen molar-refractivity contribution >= 4 is 34.6 Å². The molecular formula is C28H34N6O2. The third-order valence-corrected chi connectivity index (χ3v) is 5.80. The normalized spacial score (nSPS) is 14.8. The third kappa shape index (κ3) is 6.53. The molecule has 0 saturated carbocycles. The van der Waals surface area contributed by atoms with Gasteiger partial charge in [-0.3, -0.25) is 4.99 Å². The number of fused-ring (bicyclic) bond motifs is 1. The summed E-state index contributed by atoms with van der Waals surface area (Å²) in [6.07, 6.45) is 8.42. The van der Waals surface area contributed by atoms with Crippen LogP contribution in [-0.4, -0.2) is 52.4 Å². The average Bonchev–Trinajstić information content (AvgIpc) is 3.31. The Balaban J connectivity index is 1.42. The summed E-state index contributed by atoms with van der Waals surface area (Å²) >= 11 is 0. The Bertz CT molecular complexity index is 1280. The molecule has 3 aromatic rings. The van der Waals surface area contributed by atoms with Gasteiger partial charge in [-0.1, -0.05) is 36.4 Å². The number of anilines is 1. The van der Waals surface area contributed by atoms with Crippen LogP contribution in [0.2, 0.25) is 0 Å². The zero-order chi connectivity index (χ0) is 25.5. The van der Waals surface area contributed by atoms with E-state index in [9.17, 15) is 4.79 Å². The van der Waals surface area contributed by atoms with Crippen LogP contribution in [-0.2, 0) is 11.2 Å². The highest BCUT2D eigenvalue weighted by molar-refractivity contribution is 5.95. The molecule has 1 aliphatic rings. The minimum atomic E-state index is -0.503. The molecule has 2 aromatic heterocycles. The highest BCUT2D eigenvalue weighted by atomic mass is 16.6. The number of nitrogens with two attached hydrogens (primary N) is 1. The molecule has 3 heterocycles. The van der Waals surface area contributed by atoms with E-state index in [0.29, 0.717) is 25.3 Å². The van der Waals surface area contributed by atoms with Crippen molar-refractivity contribution in [2.24, 2.45) is 10.7 Å². The Labute approximate surface area is 212 Å². The standard InChI is InChI=1S/C28H34N6O2/c1-28(2,3)36-27(35)34-15-11-21(12-16-34)25-17-23-24(10-14-31-26(23)33-25)32-22(18-29)19-30-13-9-20-7-5-4-6-8-20/h4-8,10-11,14,17-19H,9,12-13,15-16,29H2,1-3H3,(H2,31,32,33). The molecule has 0 saturated heterocycles. The second-order valence-electron chi connectivity index (χ2n) is 9.73. The van der Waals surface area contributed by atoms with Crippen LogP contribution in [0.25, 0.3) is 16.6 Å². The monoisotopic (exact) mass is 486 g/mol. The van der Waals surface area contributed by atoms with Gasteiger partial charge in [-0.25, -0.2) is 9.78 Å². The van der Waals surface area contributed by atoms with Crippen LogP contribution in [0.1, 0.15) is 38.4 Å². The minimum absolute atomic E-state index is 0.283. The fraction of sp³-hybridized carbons (Fsp3) is 0.321. The van der Waals surface area contributed by atoms with Gasteiger partial charge in [0.25, 0.3) is 0 Å². The smallest absolute Gasteiger partial charge is 0.410 e. The average molecular weight is 487 g/mol. The van der Waals surface area contributed by atoms with Crippen molar-refractivity contribution in [3.63, 3.8) is 0 Å². The number of benzene rings is 1. The molecule has 1 aliphatic heterocycles. The SMILES string of the molecule is CC(C)(C)OC(=O)N1CC=C(c2cc3c(NC(C=NCCc4ccccc4)=CN)ccnc3[nH]2)CC1. The second-order valence-corrected chi connectivity index (χ2v) is 9.73. The van der Waals surface area contributed by atoms with Crippen LogP contribution >= 0.6 is 0 Å². The Morgan fingerprint density at radius 1 is 1.28 bits per heavy atom. The number of allylic oxidation sites excluding steroid dienone is 1. The molecule has 8 nitrogen and oxygen atoms in total. The van der Waals surface area contributed by atoms with Gasteiger partial charge in [-0.2, -0.15) is 0 Å². The Morgan fingerprint density at radius 3 is 2.78 bits per heavy atom. The first kappa shape index (κ1) is 25.0. The number of amides is 1. The summed E-state index contributed by atoms with van der Waals surface area (Å²) in [4.78, 5) is 26.5. The number of rotatable bonds is 7. The summed E-state index contributed by atoms with van der Waals surface area (Å²) in [7, 11) is 0. The minimum Gasteiger partial charge on any atom is -0.444 e. The van der Waals surface area contributed by atoms with Gasteiger partial charge in [0.15, 0.2) is 0 Å². The van der Waals surface area contributed by atoms with Crippen molar-refractivity contribution < 1.29 is 9.53 Å². The number of nitrogens with zero attached hydrogens (tertiary/aromatic N) is 3. The number of ether oxygens (including phenoxy) is 1. The fourth-order valence-electron chi connectivity index (χ4n) is 3.99. The zero-order valence-electron chi connectivity index (χ0n) is 21.1. The molecule has 0 spiro atoms. The lowest BCUT2D eigenvalue weighted by Crippen LogP contribution is -2.39. The molecule has 0 radical (unpaired) electrons. The lowest BCUT2D eigenvalue weighted by Gasteiger charge is -2.29. The number of nitrogens with one attached hydrogen (secondary N) is 2. The predicted octanol–water partition coefficient (Wildman–Crippen LogP) is 5.11. The number of H-pyrrole nitrogens is 1. The molecule has 0 unspecified atom stereocenters. The topological polar surface area (TPSA) is 109 Å². The second kappa shape index (κ2) is 11.1. The van der Waals surface area contributed by atoms with Gasteiger partial charge in [0.1, 0.15) is 11.2 Å². The van der Waals surface area contributed by atoms with E-state index >= 15 is 0 Å². The Hall–Kier alpha value is -4.07. The van der Waals surface area contributed by atoms with Gasteiger partial charge in [0, 0.05) is 49.3 Å². The quantitative estimate of drug-likeness (QED) is 0.402. The van der Waals surface area contributed by atoms with Crippen LogP contribution < -0.4 is 11.1 Å². The number of pyridine rings is 1. The molecule has 188 valence electrons. The number of carbonyl (C=O) groups excluding carboxylic acids is 1. The molecule has 36 heavy (non-hydrogen) atoms. The first-order chi connectivity index (χ1) is 17.3. The van der Waals surface area contributed by atoms with Gasteiger partial charge >= 0.3 is 6.09 Å². The lowest BCUT2D eigenvalue weighted by atomic mass is 10.0. The molecule has 1 amide bonds. The summed E-state index contributed by atoms with van der Waals surface area (Å²) in [5.74, 6) is 0. The molecule has 0 atom stereocenters. The number of aliphatic imine (C=N–C) groups is 1. The first-order valence-corrected chi connectivity index (χ1v) is 12.2. The van der Waals surface area contributed by atoms with E-state index in [4.69, 9.17) is 10.5 Å². The van der Waals surface area contributed by atoms with E-state index in [0.717, 1.165) is 40.8 Å². The van der Waals surface area contributed by atoms with Crippen LogP contribution in [0, 0.1) is 0 Å². The van der Waals surface area contributed by atoms with Crippen LogP contribution in [0.15, 0.2) is 71.6 Å². The third-order valence-electron chi connectivity index (χ3n) is 5.80. The summed E-state index contributed by atoms with van der Waals surface area (Å²) in [5, 5.41) is 4.33. The van der Waals surface area contributed by atoms with Crippen molar-refractivity contribution in [1.82, 2.24) is 14.9 Å². The molecule has 1 aromatic carbocycles. The maximum Gasteiger partial charge on any atom is 0.410 e. The van der Waals surface area contributed by atoms with Gasteiger partial charge < -0.3 is 25.7 Å². The summed E-state index contributed by atoms with van der Waals surface area (Å²) in [6, 6.07) is 14.3. The molecule has 4 rings (SSSR count). The van der Waals surface area contributed by atoms with E-state index in [1.807, 2.05) is 45.0 Å². The van der Waals surface area contributed by atoms with Crippen LogP contribution in [0.5, 0.6) is 0 Å². The highest BCUT2D eigenvalue weighted by Crippen LogP contribution is 2.29. The lowest BCUT2D eigenvalue weighted by molar-refractivity contribution is 0.0270. The highest BCUT2D eigenvalue weighted by Gasteiger charge is 2.24. The van der Waals surface area contributed by atoms with E-state index in [1.165, 1.54) is 11.8 Å². The summed E-state index contributed by atoms with van der Waals surface area (Å²) < 4.78 is 5.49. The van der Waals surface area contributed by atoms with E-state index < -0.39 is 5.60 Å². The van der Waals surface area contributed by atoms with Crippen molar-refractivity contribution in [2.75, 3.05) is 25.0 Å². The molecule has 4 N–H and O–H groups in total. The fourth-order valence-corrected chi connectivity index (χ4v) is 3.99. The number of aromatic nitrogens is 2. The maximum absolute atomic E-state index is 12.4. The number of carbonyl (C=O) groups is 1. The molecule has 8 heteroatoms. The molecule has 0 aliphatic carbocycles. The number of aromatic amines is 1. The molecule has 0 bridgehead atoms. The van der Waals surface area contributed by atoms with Gasteiger partial charge in [0.05, 0.1) is 11.4 Å². The van der Waals surface area contributed by atoms with Crippen LogP contribution in [0.4, 0.5) is 10.5 Å². The van der Waals surface area contributed by atoms with Gasteiger partial charge in [0.2, 0.25) is 0 Å². The van der Waals surface area contributed by atoms with Crippen LogP contribution in [0.3, 0.4) is 0 Å². The predicted molar refractivity (Wildman–Crippen MR) is 146 cm³/mol. The van der Waals surface area contributed by atoms with E-state index in [-0.39, 0.29) is 6.09 Å². The van der Waals surface area contributed by atoms with Gasteiger partial charge in [-0.15, -0.1) is 0 Å². The number of hydrogen-bond donors (Lipinski definition) is 3. The van der Waals surface area contributed by atoms with Crippen molar-refractivity contribution in [2.45, 2.75) is 39.2 Å². The molecular weight excluding hydrogens is 452 g/mol. The van der Waals surface area contributed by atoms with E-state index in [2.05, 4.69) is 44.6 Å². The number of hydrogen-bond acceptors (Lipinski definition) is 6. The Morgan fingerprint density at radius 2 is 2.08 bits per heavy atom. The van der Waals surface area contributed by atoms with Gasteiger partial charge in [-0.05, 0) is 56.9 Å². The van der Waals surface area contributed by atoms with Crippen molar-refractivity contribution in [1.29, 1.82) is 0 Å². The van der Waals surface area contributed by atoms with E-state index in [1.54, 1.807) is 17.3 Å². The molecule has 0 fully saturated rings. The van der Waals surface area contributed by atoms with Crippen molar-refractivity contribution in [3.05, 3.63) is 77.9 Å². The first-order valence-electron chi connectivity index (χ1n) is 12.2. The zero-order valence-corrected chi connectivity index (χ0v) is 21.1.